The lowest BCUT2D eigenvalue weighted by Gasteiger charge is -2.48. The average Bonchev–Trinajstić information content (AvgIpc) is 3.26. The maximum Gasteiger partial charge on any atom is 0.408 e. The van der Waals surface area contributed by atoms with E-state index in [4.69, 9.17) is 37.9 Å². The molecule has 15 nitrogen and oxygen atoms in total. The number of halogens is 2. The van der Waals surface area contributed by atoms with Crippen LogP contribution in [0.4, 0.5) is 13.6 Å². The summed E-state index contributed by atoms with van der Waals surface area (Å²) in [4.78, 5) is 53.0. The number of unbranched alkanes of at least 4 members (excludes halogenated alkanes) is 3. The zero-order valence-electron chi connectivity index (χ0n) is 36.9. The highest BCUT2D eigenvalue weighted by Crippen LogP contribution is 2.39. The Bertz CT molecular complexity index is 1590. The third-order valence-corrected chi connectivity index (χ3v) is 9.96. The van der Waals surface area contributed by atoms with Crippen molar-refractivity contribution in [2.24, 2.45) is 0 Å². The van der Waals surface area contributed by atoms with Crippen molar-refractivity contribution in [3.8, 4) is 0 Å². The van der Waals surface area contributed by atoms with E-state index < -0.39 is 91.7 Å². The van der Waals surface area contributed by atoms with Crippen molar-refractivity contribution in [2.75, 3.05) is 40.3 Å². The highest BCUT2D eigenvalue weighted by molar-refractivity contribution is 5.92. The Kier molecular flexibility index (Phi) is 23.9. The number of benzene rings is 2. The molecule has 62 heavy (non-hydrogen) atoms. The SMILES string of the molecule is CCCCOC[C@H]1O[C@H](C(F)(F)CC(NC(=O)OCc2ccccc2)C(=O)N[C@@H](C)C(=O)N[C@@H](C)C(=O)OCc2ccccc2)[C@H](OCOC)[C@@H](OCCCC)[C@H]1OCCCC. The second-order valence-electron chi connectivity index (χ2n) is 15.2. The molecule has 2 aromatic rings. The Morgan fingerprint density at radius 3 is 1.82 bits per heavy atom. The van der Waals surface area contributed by atoms with Gasteiger partial charge in [0, 0.05) is 33.4 Å². The van der Waals surface area contributed by atoms with Gasteiger partial charge in [0.05, 0.1) is 6.61 Å². The number of alkyl halides is 2. The van der Waals surface area contributed by atoms with Crippen molar-refractivity contribution in [3.63, 3.8) is 0 Å². The summed E-state index contributed by atoms with van der Waals surface area (Å²) in [7, 11) is 1.35. The molecule has 2 aromatic carbocycles. The number of nitrogens with one attached hydrogen (secondary N) is 3. The lowest BCUT2D eigenvalue weighted by Crippen LogP contribution is -2.66. The minimum atomic E-state index is -3.92. The van der Waals surface area contributed by atoms with E-state index in [2.05, 4.69) is 16.0 Å². The zero-order valence-corrected chi connectivity index (χ0v) is 36.9. The lowest BCUT2D eigenvalue weighted by molar-refractivity contribution is -0.314. The van der Waals surface area contributed by atoms with Crippen LogP contribution in [0.25, 0.3) is 0 Å². The molecule has 1 saturated heterocycles. The van der Waals surface area contributed by atoms with Crippen LogP contribution in [0.1, 0.15) is 90.7 Å². The standard InChI is InChI=1S/C45H67F2N3O12/c1-7-10-23-56-29-36-37(57-24-11-8-2)38(58-25-12-9-3)39(61-30-55-6)40(62-36)45(46,47)26-35(50-44(54)60-28-34-21-17-14-18-22-34)42(52)48-31(4)41(51)49-32(5)43(53)59-27-33-19-15-13-16-20-33/h13-22,31-32,35-40H,7-12,23-30H2,1-6H3,(H,48,52)(H,49,51)(H,50,54)/t31-,32-,35?,36+,37-,38-,39+,40-/m0/s1. The molecule has 1 aliphatic rings. The fourth-order valence-electron chi connectivity index (χ4n) is 6.42. The van der Waals surface area contributed by atoms with Gasteiger partial charge in [-0.1, -0.05) is 101 Å². The first kappa shape index (κ1) is 52.1. The number of rotatable bonds is 29. The van der Waals surface area contributed by atoms with Crippen molar-refractivity contribution < 1.29 is 65.9 Å². The van der Waals surface area contributed by atoms with Crippen LogP contribution in [0, 0.1) is 0 Å². The van der Waals surface area contributed by atoms with E-state index in [0.29, 0.717) is 31.6 Å². The summed E-state index contributed by atoms with van der Waals surface area (Å²) in [5.41, 5.74) is 1.35. The molecular weight excluding hydrogens is 812 g/mol. The Balaban J connectivity index is 1.90. The monoisotopic (exact) mass is 879 g/mol. The molecule has 0 aliphatic carbocycles. The molecule has 0 saturated carbocycles. The number of carbonyl (C=O) groups is 4. The maximum absolute atomic E-state index is 17.2. The van der Waals surface area contributed by atoms with Gasteiger partial charge in [0.15, 0.2) is 6.10 Å². The van der Waals surface area contributed by atoms with Gasteiger partial charge in [-0.05, 0) is 44.2 Å². The highest BCUT2D eigenvalue weighted by atomic mass is 19.3. The van der Waals surface area contributed by atoms with Crippen molar-refractivity contribution in [1.82, 2.24) is 16.0 Å². The molecular formula is C45H67F2N3O12. The molecule has 3 rings (SSSR count). The first-order chi connectivity index (χ1) is 29.8. The Morgan fingerprint density at radius 2 is 1.24 bits per heavy atom. The Labute approximate surface area is 364 Å². The van der Waals surface area contributed by atoms with Crippen LogP contribution in [-0.4, -0.2) is 119 Å². The van der Waals surface area contributed by atoms with Gasteiger partial charge in [-0.15, -0.1) is 0 Å². The molecule has 1 heterocycles. The summed E-state index contributed by atoms with van der Waals surface area (Å²) in [6.45, 7) is 8.82. The van der Waals surface area contributed by atoms with Gasteiger partial charge in [0.2, 0.25) is 11.8 Å². The number of hydrogen-bond donors (Lipinski definition) is 3. The normalized spacial score (nSPS) is 20.4. The quantitative estimate of drug-likeness (QED) is 0.0494. The van der Waals surface area contributed by atoms with Gasteiger partial charge in [0.25, 0.3) is 5.92 Å². The third kappa shape index (κ3) is 17.8. The molecule has 0 radical (unpaired) electrons. The fourth-order valence-corrected chi connectivity index (χ4v) is 6.42. The molecule has 0 aromatic heterocycles. The van der Waals surface area contributed by atoms with E-state index in [0.717, 1.165) is 31.2 Å². The molecule has 1 fully saturated rings. The third-order valence-electron chi connectivity index (χ3n) is 9.96. The van der Waals surface area contributed by atoms with E-state index in [9.17, 15) is 19.2 Å². The summed E-state index contributed by atoms with van der Waals surface area (Å²) in [6, 6.07) is 13.1. The van der Waals surface area contributed by atoms with Crippen LogP contribution in [0.3, 0.4) is 0 Å². The van der Waals surface area contributed by atoms with Gasteiger partial charge in [0.1, 0.15) is 62.5 Å². The summed E-state index contributed by atoms with van der Waals surface area (Å²) in [6.07, 6.45) is -4.48. The van der Waals surface area contributed by atoms with Crippen LogP contribution in [0.2, 0.25) is 0 Å². The van der Waals surface area contributed by atoms with Crippen LogP contribution in [-0.2, 0) is 65.5 Å². The van der Waals surface area contributed by atoms with Crippen molar-refractivity contribution >= 4 is 23.9 Å². The van der Waals surface area contributed by atoms with Crippen LogP contribution in [0.15, 0.2) is 60.7 Å². The molecule has 0 spiro atoms. The van der Waals surface area contributed by atoms with Crippen LogP contribution < -0.4 is 16.0 Å². The van der Waals surface area contributed by atoms with Crippen molar-refractivity contribution in [2.45, 2.75) is 147 Å². The molecule has 1 aliphatic heterocycles. The smallest absolute Gasteiger partial charge is 0.408 e. The summed E-state index contributed by atoms with van der Waals surface area (Å²) >= 11 is 0. The van der Waals surface area contributed by atoms with Gasteiger partial charge in [-0.3, -0.25) is 9.59 Å². The number of alkyl carbamates (subject to hydrolysis) is 1. The molecule has 8 atom stereocenters. The van der Waals surface area contributed by atoms with Gasteiger partial charge in [-0.2, -0.15) is 0 Å². The van der Waals surface area contributed by atoms with E-state index in [-0.39, 0.29) is 26.4 Å². The molecule has 1 unspecified atom stereocenters. The van der Waals surface area contributed by atoms with E-state index in [1.165, 1.54) is 21.0 Å². The number of hydrogen-bond acceptors (Lipinski definition) is 12. The Morgan fingerprint density at radius 1 is 0.694 bits per heavy atom. The molecule has 348 valence electrons. The maximum atomic E-state index is 17.2. The number of ether oxygens (including phenoxy) is 8. The second-order valence-corrected chi connectivity index (χ2v) is 15.2. The average molecular weight is 880 g/mol. The van der Waals surface area contributed by atoms with Crippen molar-refractivity contribution in [3.05, 3.63) is 71.8 Å². The zero-order chi connectivity index (χ0) is 45.3. The Hall–Kier alpha value is -4.26. The first-order valence-corrected chi connectivity index (χ1v) is 21.6. The minimum Gasteiger partial charge on any atom is -0.459 e. The number of carbonyl (C=O) groups excluding carboxylic acids is 4. The number of amides is 3. The van der Waals surface area contributed by atoms with Gasteiger partial charge < -0.3 is 53.8 Å². The van der Waals surface area contributed by atoms with Crippen LogP contribution >= 0.6 is 0 Å². The minimum absolute atomic E-state index is 0.0268. The number of methoxy groups -OCH3 is 1. The summed E-state index contributed by atoms with van der Waals surface area (Å²) in [5, 5.41) is 7.13. The predicted octanol–water partition coefficient (Wildman–Crippen LogP) is 6.00. The second kappa shape index (κ2) is 28.4. The summed E-state index contributed by atoms with van der Waals surface area (Å²) < 4.78 is 80.7. The molecule has 0 bridgehead atoms. The highest BCUT2D eigenvalue weighted by Gasteiger charge is 2.58. The van der Waals surface area contributed by atoms with Gasteiger partial charge in [-0.25, -0.2) is 18.4 Å². The van der Waals surface area contributed by atoms with E-state index in [1.54, 1.807) is 54.6 Å². The van der Waals surface area contributed by atoms with E-state index in [1.807, 2.05) is 26.8 Å². The van der Waals surface area contributed by atoms with Crippen LogP contribution in [0.5, 0.6) is 0 Å². The predicted molar refractivity (Wildman–Crippen MR) is 225 cm³/mol. The lowest BCUT2D eigenvalue weighted by atomic mass is 9.88. The van der Waals surface area contributed by atoms with E-state index >= 15 is 8.78 Å². The molecule has 3 N–H and O–H groups in total. The first-order valence-electron chi connectivity index (χ1n) is 21.6. The van der Waals surface area contributed by atoms with Gasteiger partial charge >= 0.3 is 12.1 Å². The number of esters is 1. The summed E-state index contributed by atoms with van der Waals surface area (Å²) in [5.74, 6) is -6.60. The molecule has 17 heteroatoms. The fraction of sp³-hybridized carbons (Fsp3) is 0.644. The largest absolute Gasteiger partial charge is 0.459 e. The molecule has 3 amide bonds. The topological polar surface area (TPSA) is 178 Å². The van der Waals surface area contributed by atoms with Crippen molar-refractivity contribution in [1.29, 1.82) is 0 Å².